The number of carbonyl (C=O) groups excluding carboxylic acids is 4. The predicted molar refractivity (Wildman–Crippen MR) is 573 cm³/mol. The van der Waals surface area contributed by atoms with Crippen LogP contribution in [0.25, 0.3) is 10.9 Å². The molecular weight excluding hydrogens is 1930 g/mol. The van der Waals surface area contributed by atoms with Crippen molar-refractivity contribution >= 4 is 117 Å². The number of ether oxygens (including phenoxy) is 5. The number of ketones is 1. The molecular formula is C108H131ClF3N25O10S. The highest BCUT2D eigenvalue weighted by Crippen LogP contribution is 2.47. The fourth-order valence-electron chi connectivity index (χ4n) is 17.6. The smallest absolute Gasteiger partial charge is 0.416 e. The molecule has 6 fully saturated rings. The zero-order chi connectivity index (χ0) is 104. The number of aliphatic hydroxyl groups excluding tert-OH is 1. The van der Waals surface area contributed by atoms with Gasteiger partial charge in [-0.1, -0.05) is 78.8 Å². The topological polar surface area (TPSA) is 397 Å². The number of allylic oxidation sites excluding steroid dienone is 2. The average Bonchev–Trinajstić information content (AvgIpc) is 1.77. The molecule has 0 spiro atoms. The van der Waals surface area contributed by atoms with E-state index in [1.54, 1.807) is 29.4 Å². The first-order valence-electron chi connectivity index (χ1n) is 49.9. The molecule has 9 aliphatic rings. The van der Waals surface area contributed by atoms with Crippen LogP contribution in [-0.2, 0) is 53.0 Å². The summed E-state index contributed by atoms with van der Waals surface area (Å²) in [5.74, 6) is 4.09. The number of aromatic nitrogens is 6. The standard InChI is InChI=1S/C32H37F3N6O.C27H32ClN5O5.C26H30N6O3.C18H20N6OS.C5H12N2/c1-22-5-6-24(15-25(22)9-12-38-13-10-30(37)23(2)18-39-21-36)16-31(42)26-7-8-27(29(17-26)32(33,34)35)19-41-14-11-28(20-41)40(3)4;1-32-6-8-33(9-7-32)10-13-35-19-14-21-24(23(15-19)38-18-4-11-34-12-5-18)27(30-16-29-21)31-25-20(28)2-3-22-26(25)37-17-36-22;1-30-11-13-31(14-12-30)20-9-7-19(8-10-20)25(34)27-24-21-15-32(16-23(21)28-29-24)26(35)22(17-33)18-5-3-2-4-6-18;1-11-10-16(24-23-11)21-15-8-9-19-18(22-15)26-14-6-4-13(5-7-14)20-17(25)12-2-3-12;1-7-4-2-6-3-5-7/h5-8,10,12-13,15,17-18,21,28,36-37H,2,9,11,14,16,19-20H2,1,3-4H3;2-3,14-16,18H,4-13,17H2,1H3,(H,29,30,31);2-10,22,33H,11-17H2,1H3,(H2,27,28,29,34);4-12,23-24H,2-3H2,1H3,(H,20,25)(H,19,21,22);6H,2-5H2,1H3/b13-10-,36-21?,37-30?,38-12?,39-18?;;;;/t;;22-;;/m..1../s1. The summed E-state index contributed by atoms with van der Waals surface area (Å²) in [6, 6.07) is 44.0. The number of aryl methyl sites for hydroxylation is 1. The molecule has 35 nitrogen and oxygen atoms in total. The van der Waals surface area contributed by atoms with Crippen LogP contribution in [0.5, 0.6) is 23.0 Å². The Morgan fingerprint density at radius 1 is 0.777 bits per heavy atom. The number of likely N-dealkylation sites (N-methyl/N-ethyl adjacent to an activating group) is 4. The highest BCUT2D eigenvalue weighted by molar-refractivity contribution is 7.99. The minimum absolute atomic E-state index is 0.0197. The highest BCUT2D eigenvalue weighted by Gasteiger charge is 2.38. The third kappa shape index (κ3) is 31.1. The fourth-order valence-corrected chi connectivity index (χ4v) is 18.6. The molecule has 40 heteroatoms. The molecule has 11 N–H and O–H groups in total. The first kappa shape index (κ1) is 109. The maximum Gasteiger partial charge on any atom is 0.416 e. The maximum atomic E-state index is 14.0. The van der Waals surface area contributed by atoms with Gasteiger partial charge in [-0.25, -0.2) is 30.4 Å². The van der Waals surface area contributed by atoms with Crippen LogP contribution in [0.4, 0.5) is 47.7 Å². The molecule has 11 heterocycles. The lowest BCUT2D eigenvalue weighted by molar-refractivity contribution is -0.138. The Kier molecular flexibility index (Phi) is 38.9. The number of carbonyl (C=O) groups is 4. The van der Waals surface area contributed by atoms with Crippen LogP contribution in [-0.4, -0.2) is 302 Å². The van der Waals surface area contributed by atoms with Crippen LogP contribution in [0.15, 0.2) is 214 Å². The molecule has 2 unspecified atom stereocenters. The Balaban J connectivity index is 0.000000146. The van der Waals surface area contributed by atoms with Crippen molar-refractivity contribution in [2.45, 2.75) is 119 Å². The number of rotatable bonds is 33. The number of hydrogen-bond acceptors (Lipinski definition) is 31. The van der Waals surface area contributed by atoms with Gasteiger partial charge in [-0.05, 0) is 193 Å². The van der Waals surface area contributed by atoms with E-state index in [0.717, 1.165) is 184 Å². The van der Waals surface area contributed by atoms with Crippen molar-refractivity contribution in [3.8, 4) is 23.0 Å². The monoisotopic (exact) mass is 2060 g/mol. The fraction of sp³-hybridized carbons (Fsp3) is 0.398. The predicted octanol–water partition coefficient (Wildman–Crippen LogP) is 14.2. The first-order valence-corrected chi connectivity index (χ1v) is 51.1. The molecule has 19 rings (SSSR count). The van der Waals surface area contributed by atoms with Crippen LogP contribution < -0.4 is 61.3 Å². The summed E-state index contributed by atoms with van der Waals surface area (Å²) in [4.78, 5) is 95.2. The second-order valence-corrected chi connectivity index (χ2v) is 39.4. The van der Waals surface area contributed by atoms with Crippen LogP contribution in [0.3, 0.4) is 0 Å². The number of nitrogens with zero attached hydrogens (tertiary/aromatic N) is 15. The number of amides is 3. The van der Waals surface area contributed by atoms with Gasteiger partial charge in [0.2, 0.25) is 18.6 Å². The summed E-state index contributed by atoms with van der Waals surface area (Å²) in [7, 11) is 10.4. The number of alkyl halides is 3. The van der Waals surface area contributed by atoms with Crippen molar-refractivity contribution in [3.63, 3.8) is 0 Å². The normalized spacial score (nSPS) is 17.9. The van der Waals surface area contributed by atoms with Crippen LogP contribution in [0.2, 0.25) is 5.02 Å². The number of Topliss-reactive ketones (excluding diaryl/α,β-unsaturated/α-hetero) is 1. The number of piperazine rings is 3. The summed E-state index contributed by atoms with van der Waals surface area (Å²) in [6.45, 7) is 25.7. The van der Waals surface area contributed by atoms with Crippen molar-refractivity contribution in [3.05, 3.63) is 255 Å². The summed E-state index contributed by atoms with van der Waals surface area (Å²) in [6.07, 6.45) is 12.5. The lowest BCUT2D eigenvalue weighted by atomic mass is 9.95. The van der Waals surface area contributed by atoms with E-state index in [1.807, 2.05) is 147 Å². The number of anilines is 6. The number of aliphatic hydroxyl groups is 1. The second-order valence-electron chi connectivity index (χ2n) is 37.9. The first-order chi connectivity index (χ1) is 71.6. The molecule has 3 aromatic heterocycles. The van der Waals surface area contributed by atoms with Gasteiger partial charge in [0, 0.05) is 224 Å². The van der Waals surface area contributed by atoms with Crippen LogP contribution >= 0.6 is 23.4 Å². The van der Waals surface area contributed by atoms with Gasteiger partial charge >= 0.3 is 6.18 Å². The molecule has 0 bridgehead atoms. The van der Waals surface area contributed by atoms with Crippen molar-refractivity contribution < 1.29 is 61.1 Å². The number of benzene rings is 7. The molecule has 3 amide bonds. The van der Waals surface area contributed by atoms with Gasteiger partial charge in [0.1, 0.15) is 60.0 Å². The second kappa shape index (κ2) is 52.9. The largest absolute Gasteiger partial charge is 0.492 e. The van der Waals surface area contributed by atoms with Crippen LogP contribution in [0.1, 0.15) is 110 Å². The number of nitrogens with one attached hydrogen (secondary N) is 10. The SMILES string of the molecule is C=C(C=NC=N)C(=N)/C=C\N=CCc1cc(CC(=O)c2ccc(CN3CCC(N(C)C)C3)c(C(F)(F)F)c2)ccc1C.CC1C=C(Nc2ccnc(Sc3ccc(NC(=O)C4CC4)cc3)n2)NN1.CN1CCN(CCOc2cc(OC3CCOCC3)c3c(Nc4c(Cl)ccc5c4OCO5)ncnc3c2)CC1.CN1CCN(c2ccc(C(=O)Nc3n[nH]c4c3CN(C(=O)[C@H](CO)c3ccccc3)C4)cc2)CC1.CN1CCNCC1. The van der Waals surface area contributed by atoms with Crippen molar-refractivity contribution in [1.82, 2.24) is 80.6 Å². The van der Waals surface area contributed by atoms with Crippen molar-refractivity contribution in [2.24, 2.45) is 15.9 Å². The lowest BCUT2D eigenvalue weighted by Gasteiger charge is -2.34. The zero-order valence-electron chi connectivity index (χ0n) is 84.5. The third-order valence-electron chi connectivity index (χ3n) is 26.7. The summed E-state index contributed by atoms with van der Waals surface area (Å²) in [5, 5.41) is 49.4. The number of aliphatic imine (C=N–C) groups is 2. The number of hydrazine groups is 1. The van der Waals surface area contributed by atoms with Gasteiger partial charge in [-0.15, -0.1) is 0 Å². The van der Waals surface area contributed by atoms with Crippen LogP contribution in [0, 0.1) is 23.7 Å². The van der Waals surface area contributed by atoms with Gasteiger partial charge in [-0.3, -0.25) is 44.5 Å². The number of aromatic amines is 1. The van der Waals surface area contributed by atoms with Gasteiger partial charge in [0.25, 0.3) is 5.91 Å². The number of likely N-dealkylation sites (tertiary alicyclic amines) is 1. The number of H-pyrrole nitrogens is 1. The Labute approximate surface area is 870 Å². The molecule has 5 saturated heterocycles. The summed E-state index contributed by atoms with van der Waals surface area (Å²) in [5.41, 5.74) is 14.9. The van der Waals surface area contributed by atoms with E-state index < -0.39 is 17.7 Å². The van der Waals surface area contributed by atoms with E-state index in [4.69, 9.17) is 46.1 Å². The summed E-state index contributed by atoms with van der Waals surface area (Å²) >= 11 is 8.02. The molecule has 10 aromatic rings. The van der Waals surface area contributed by atoms with Gasteiger partial charge < -0.3 is 95.6 Å². The van der Waals surface area contributed by atoms with Gasteiger partial charge in [0.05, 0.1) is 71.7 Å². The van der Waals surface area contributed by atoms with E-state index in [1.165, 1.54) is 61.8 Å². The maximum absolute atomic E-state index is 14.0. The van der Waals surface area contributed by atoms with Gasteiger partial charge in [0.15, 0.2) is 28.3 Å². The molecule has 148 heavy (non-hydrogen) atoms. The Morgan fingerprint density at radius 2 is 1.52 bits per heavy atom. The third-order valence-corrected chi connectivity index (χ3v) is 27.9. The number of halogens is 4. The molecule has 1 aliphatic carbocycles. The Morgan fingerprint density at radius 3 is 2.22 bits per heavy atom. The number of fused-ring (bicyclic) bond motifs is 3. The number of hydrogen-bond donors (Lipinski definition) is 11. The summed E-state index contributed by atoms with van der Waals surface area (Å²) < 4.78 is 71.5. The van der Waals surface area contributed by atoms with Crippen molar-refractivity contribution in [1.29, 1.82) is 10.8 Å². The van der Waals surface area contributed by atoms with Crippen molar-refractivity contribution in [2.75, 3.05) is 193 Å². The van der Waals surface area contributed by atoms with Gasteiger partial charge in [-0.2, -0.15) is 18.3 Å². The lowest BCUT2D eigenvalue weighted by Crippen LogP contribution is -2.45. The minimum Gasteiger partial charge on any atom is -0.492 e. The highest BCUT2D eigenvalue weighted by atomic mass is 35.5. The molecule has 0 radical (unpaired) electrons. The molecule has 3 atom stereocenters. The van der Waals surface area contributed by atoms with E-state index in [2.05, 4.69) is 142 Å². The Bertz CT molecular complexity index is 6350. The molecule has 7 aromatic carbocycles. The zero-order valence-corrected chi connectivity index (χ0v) is 86.1. The molecule has 1 saturated carbocycles. The van der Waals surface area contributed by atoms with E-state index in [0.29, 0.717) is 125 Å². The van der Waals surface area contributed by atoms with E-state index in [9.17, 15) is 37.5 Å². The van der Waals surface area contributed by atoms with E-state index in [-0.39, 0.29) is 84.8 Å². The molecule has 782 valence electrons. The minimum atomic E-state index is -4.56. The average molecular weight is 2060 g/mol. The Hall–Kier alpha value is -13.4. The quantitative estimate of drug-likeness (QED) is 0.00787. The molecule has 8 aliphatic heterocycles. The van der Waals surface area contributed by atoms with E-state index >= 15 is 0 Å².